The van der Waals surface area contributed by atoms with Gasteiger partial charge in [-0.15, -0.1) is 0 Å². The quantitative estimate of drug-likeness (QED) is 0.808. The normalized spacial score (nSPS) is 15.7. The molecular weight excluding hydrogens is 352 g/mol. The molecule has 0 aliphatic carbocycles. The van der Waals surface area contributed by atoms with E-state index in [9.17, 15) is 9.59 Å². The summed E-state index contributed by atoms with van der Waals surface area (Å²) in [5, 5.41) is 5.54. The molecule has 1 aliphatic heterocycles. The van der Waals surface area contributed by atoms with Crippen LogP contribution in [-0.4, -0.2) is 54.0 Å². The lowest BCUT2D eigenvalue weighted by molar-refractivity contribution is -0.134. The molecule has 1 aliphatic rings. The summed E-state index contributed by atoms with van der Waals surface area (Å²) in [5.41, 5.74) is 2.30. The Morgan fingerprint density at radius 2 is 1.46 bits per heavy atom. The van der Waals surface area contributed by atoms with Crippen molar-refractivity contribution >= 4 is 11.9 Å². The molecule has 0 radical (unpaired) electrons. The Morgan fingerprint density at radius 3 is 2.07 bits per heavy atom. The molecule has 2 aromatic carbocycles. The van der Waals surface area contributed by atoms with Gasteiger partial charge in [0.15, 0.2) is 0 Å². The van der Waals surface area contributed by atoms with Crippen molar-refractivity contribution in [2.45, 2.75) is 26.1 Å². The van der Waals surface area contributed by atoms with Gasteiger partial charge in [0.25, 0.3) is 0 Å². The van der Waals surface area contributed by atoms with Crippen LogP contribution in [0.2, 0.25) is 0 Å². The minimum atomic E-state index is -0.545. The SMILES string of the molecule is C[C@@H](NC(=O)NCc1ccccc1)C(=O)N1CCN(Cc2ccccc2)CC1. The predicted molar refractivity (Wildman–Crippen MR) is 110 cm³/mol. The van der Waals surface area contributed by atoms with Crippen molar-refractivity contribution in [1.29, 1.82) is 0 Å². The van der Waals surface area contributed by atoms with Gasteiger partial charge in [0.05, 0.1) is 0 Å². The fourth-order valence-electron chi connectivity index (χ4n) is 3.33. The fraction of sp³-hybridized carbons (Fsp3) is 0.364. The second kappa shape index (κ2) is 9.90. The van der Waals surface area contributed by atoms with E-state index in [1.165, 1.54) is 5.56 Å². The molecule has 3 rings (SSSR count). The van der Waals surface area contributed by atoms with E-state index in [1.54, 1.807) is 6.92 Å². The molecule has 6 nitrogen and oxygen atoms in total. The molecule has 6 heteroatoms. The zero-order valence-electron chi connectivity index (χ0n) is 16.3. The first-order valence-corrected chi connectivity index (χ1v) is 9.75. The van der Waals surface area contributed by atoms with Gasteiger partial charge in [0.2, 0.25) is 5.91 Å². The largest absolute Gasteiger partial charge is 0.338 e. The van der Waals surface area contributed by atoms with Crippen molar-refractivity contribution in [3.63, 3.8) is 0 Å². The monoisotopic (exact) mass is 380 g/mol. The number of hydrogen-bond acceptors (Lipinski definition) is 3. The maximum Gasteiger partial charge on any atom is 0.315 e. The van der Waals surface area contributed by atoms with Crippen LogP contribution in [-0.2, 0) is 17.9 Å². The average molecular weight is 380 g/mol. The van der Waals surface area contributed by atoms with Crippen molar-refractivity contribution in [2.75, 3.05) is 26.2 Å². The molecule has 3 amide bonds. The lowest BCUT2D eigenvalue weighted by Gasteiger charge is -2.36. The van der Waals surface area contributed by atoms with Crippen LogP contribution in [0.5, 0.6) is 0 Å². The first kappa shape index (κ1) is 19.9. The van der Waals surface area contributed by atoms with E-state index in [0.29, 0.717) is 19.6 Å². The molecule has 1 atom stereocenters. The van der Waals surface area contributed by atoms with Crippen LogP contribution in [0.4, 0.5) is 4.79 Å². The molecule has 0 spiro atoms. The highest BCUT2D eigenvalue weighted by Gasteiger charge is 2.25. The van der Waals surface area contributed by atoms with Crippen molar-refractivity contribution in [2.24, 2.45) is 0 Å². The molecule has 1 saturated heterocycles. The number of rotatable bonds is 6. The summed E-state index contributed by atoms with van der Waals surface area (Å²) in [6.45, 7) is 6.12. The van der Waals surface area contributed by atoms with Crippen LogP contribution in [0.15, 0.2) is 60.7 Å². The highest BCUT2D eigenvalue weighted by molar-refractivity contribution is 5.86. The van der Waals surface area contributed by atoms with Crippen LogP contribution in [0.3, 0.4) is 0 Å². The van der Waals surface area contributed by atoms with Gasteiger partial charge in [0.1, 0.15) is 6.04 Å². The Morgan fingerprint density at radius 1 is 0.893 bits per heavy atom. The number of urea groups is 1. The number of carbonyl (C=O) groups is 2. The maximum atomic E-state index is 12.6. The van der Waals surface area contributed by atoms with Crippen molar-refractivity contribution in [3.05, 3.63) is 71.8 Å². The van der Waals surface area contributed by atoms with E-state index in [0.717, 1.165) is 25.2 Å². The summed E-state index contributed by atoms with van der Waals surface area (Å²) in [6.07, 6.45) is 0. The van der Waals surface area contributed by atoms with E-state index in [4.69, 9.17) is 0 Å². The molecule has 2 aromatic rings. The number of benzene rings is 2. The van der Waals surface area contributed by atoms with Crippen molar-refractivity contribution in [3.8, 4) is 0 Å². The van der Waals surface area contributed by atoms with Crippen LogP contribution in [0.25, 0.3) is 0 Å². The third-order valence-corrected chi connectivity index (χ3v) is 4.95. The highest BCUT2D eigenvalue weighted by atomic mass is 16.2. The van der Waals surface area contributed by atoms with Crippen LogP contribution in [0.1, 0.15) is 18.1 Å². The highest BCUT2D eigenvalue weighted by Crippen LogP contribution is 2.09. The van der Waals surface area contributed by atoms with Gasteiger partial charge >= 0.3 is 6.03 Å². The van der Waals surface area contributed by atoms with Crippen molar-refractivity contribution in [1.82, 2.24) is 20.4 Å². The molecule has 0 bridgehead atoms. The molecule has 28 heavy (non-hydrogen) atoms. The number of nitrogens with zero attached hydrogens (tertiary/aromatic N) is 2. The minimum absolute atomic E-state index is 0.0331. The minimum Gasteiger partial charge on any atom is -0.338 e. The topological polar surface area (TPSA) is 64.7 Å². The van der Waals surface area contributed by atoms with Gasteiger partial charge in [-0.05, 0) is 18.1 Å². The maximum absolute atomic E-state index is 12.6. The number of nitrogens with one attached hydrogen (secondary N) is 2. The Bertz CT molecular complexity index is 759. The third-order valence-electron chi connectivity index (χ3n) is 4.95. The van der Waals surface area contributed by atoms with Gasteiger partial charge in [-0.3, -0.25) is 9.69 Å². The lowest BCUT2D eigenvalue weighted by Crippen LogP contribution is -2.54. The molecular formula is C22H28N4O2. The van der Waals surface area contributed by atoms with E-state index in [-0.39, 0.29) is 11.9 Å². The first-order chi connectivity index (χ1) is 13.6. The second-order valence-electron chi connectivity index (χ2n) is 7.12. The van der Waals surface area contributed by atoms with Gasteiger partial charge in [-0.25, -0.2) is 4.79 Å². The van der Waals surface area contributed by atoms with Crippen LogP contribution in [0, 0.1) is 0 Å². The molecule has 2 N–H and O–H groups in total. The predicted octanol–water partition coefficient (Wildman–Crippen LogP) is 2.22. The second-order valence-corrected chi connectivity index (χ2v) is 7.12. The molecule has 0 aromatic heterocycles. The number of amides is 3. The Kier molecular flexibility index (Phi) is 7.03. The molecule has 1 fully saturated rings. The van der Waals surface area contributed by atoms with E-state index in [1.807, 2.05) is 53.4 Å². The van der Waals surface area contributed by atoms with Gasteiger partial charge < -0.3 is 15.5 Å². The van der Waals surface area contributed by atoms with Crippen LogP contribution < -0.4 is 10.6 Å². The standard InChI is InChI=1S/C22H28N4O2/c1-18(24-22(28)23-16-19-8-4-2-5-9-19)21(27)26-14-12-25(13-15-26)17-20-10-6-3-7-11-20/h2-11,18H,12-17H2,1H3,(H2,23,24,28)/t18-/m1/s1. The Hall–Kier alpha value is -2.86. The summed E-state index contributed by atoms with van der Waals surface area (Å²) in [6, 6.07) is 19.2. The zero-order chi connectivity index (χ0) is 19.8. The Balaban J connectivity index is 1.39. The average Bonchev–Trinajstić information content (AvgIpc) is 2.74. The summed E-state index contributed by atoms with van der Waals surface area (Å²) in [5.74, 6) is -0.0331. The Labute approximate surface area is 166 Å². The number of carbonyl (C=O) groups excluding carboxylic acids is 2. The van der Waals surface area contributed by atoms with Crippen LogP contribution >= 0.6 is 0 Å². The smallest absolute Gasteiger partial charge is 0.315 e. The molecule has 0 saturated carbocycles. The first-order valence-electron chi connectivity index (χ1n) is 9.75. The summed E-state index contributed by atoms with van der Waals surface area (Å²) >= 11 is 0. The number of piperazine rings is 1. The molecule has 148 valence electrons. The lowest BCUT2D eigenvalue weighted by atomic mass is 10.2. The number of hydrogen-bond donors (Lipinski definition) is 2. The van der Waals surface area contributed by atoms with E-state index >= 15 is 0 Å². The molecule has 0 unspecified atom stereocenters. The molecule has 1 heterocycles. The zero-order valence-corrected chi connectivity index (χ0v) is 16.3. The summed E-state index contributed by atoms with van der Waals surface area (Å²) in [7, 11) is 0. The van der Waals surface area contributed by atoms with E-state index in [2.05, 4.69) is 27.7 Å². The van der Waals surface area contributed by atoms with E-state index < -0.39 is 6.04 Å². The summed E-state index contributed by atoms with van der Waals surface area (Å²) in [4.78, 5) is 28.9. The third kappa shape index (κ3) is 5.82. The fourth-order valence-corrected chi connectivity index (χ4v) is 3.33. The van der Waals surface area contributed by atoms with Gasteiger partial charge in [0, 0.05) is 39.3 Å². The van der Waals surface area contributed by atoms with Crippen molar-refractivity contribution < 1.29 is 9.59 Å². The van der Waals surface area contributed by atoms with Gasteiger partial charge in [-0.1, -0.05) is 60.7 Å². The van der Waals surface area contributed by atoms with Gasteiger partial charge in [-0.2, -0.15) is 0 Å². The summed E-state index contributed by atoms with van der Waals surface area (Å²) < 4.78 is 0.